The van der Waals surface area contributed by atoms with Crippen LogP contribution in [0.4, 0.5) is 4.39 Å². The first kappa shape index (κ1) is 10.0. The summed E-state index contributed by atoms with van der Waals surface area (Å²) in [5.41, 5.74) is 0. The van der Waals surface area contributed by atoms with Crippen LogP contribution in [-0.2, 0) is 0 Å². The van der Waals surface area contributed by atoms with E-state index in [2.05, 4.69) is 26.1 Å². The van der Waals surface area contributed by atoms with Gasteiger partial charge in [0.2, 0.25) is 5.88 Å². The van der Waals surface area contributed by atoms with E-state index < -0.39 is 0 Å². The fourth-order valence-corrected chi connectivity index (χ4v) is 1.25. The largest absolute Gasteiger partial charge is 0.437 e. The summed E-state index contributed by atoms with van der Waals surface area (Å²) >= 11 is 3.06. The van der Waals surface area contributed by atoms with Crippen LogP contribution in [0, 0.1) is 5.82 Å². The van der Waals surface area contributed by atoms with E-state index in [0.29, 0.717) is 16.1 Å². The van der Waals surface area contributed by atoms with E-state index in [1.54, 1.807) is 24.3 Å². The average molecular weight is 269 g/mol. The van der Waals surface area contributed by atoms with Gasteiger partial charge in [-0.25, -0.2) is 4.39 Å². The summed E-state index contributed by atoms with van der Waals surface area (Å²) in [4.78, 5) is 0. The third kappa shape index (κ3) is 2.50. The maximum atomic E-state index is 13.1. The summed E-state index contributed by atoms with van der Waals surface area (Å²) in [6.07, 6.45) is 1.54. The van der Waals surface area contributed by atoms with Gasteiger partial charge >= 0.3 is 0 Å². The third-order valence-corrected chi connectivity index (χ3v) is 2.30. The molecule has 0 aliphatic carbocycles. The van der Waals surface area contributed by atoms with Crippen molar-refractivity contribution in [2.24, 2.45) is 0 Å². The summed E-state index contributed by atoms with van der Waals surface area (Å²) in [5.74, 6) is 0.340. The van der Waals surface area contributed by atoms with Crippen molar-refractivity contribution in [2.75, 3.05) is 0 Å². The molecule has 0 aliphatic heterocycles. The zero-order chi connectivity index (χ0) is 10.7. The molecular weight excluding hydrogens is 263 g/mol. The molecule has 2 aromatic rings. The molecule has 0 unspecified atom stereocenters. The number of hydrogen-bond acceptors (Lipinski definition) is 3. The third-order valence-electron chi connectivity index (χ3n) is 1.66. The Kier molecular flexibility index (Phi) is 2.91. The highest BCUT2D eigenvalue weighted by Crippen LogP contribution is 2.23. The number of rotatable bonds is 2. The number of hydrogen-bond donors (Lipinski definition) is 0. The van der Waals surface area contributed by atoms with E-state index in [1.165, 1.54) is 12.3 Å². The quantitative estimate of drug-likeness (QED) is 0.839. The molecule has 0 N–H and O–H groups in total. The van der Waals surface area contributed by atoms with Crippen molar-refractivity contribution in [2.45, 2.75) is 0 Å². The van der Waals surface area contributed by atoms with Crippen molar-refractivity contribution in [3.05, 3.63) is 46.8 Å². The Labute approximate surface area is 94.0 Å². The number of halogens is 2. The predicted octanol–water partition coefficient (Wildman–Crippen LogP) is 3.17. The van der Waals surface area contributed by atoms with Gasteiger partial charge in [0.1, 0.15) is 11.6 Å². The molecule has 76 valence electrons. The van der Waals surface area contributed by atoms with Crippen LogP contribution >= 0.6 is 15.9 Å². The van der Waals surface area contributed by atoms with Gasteiger partial charge in [0.15, 0.2) is 0 Å². The molecule has 2 rings (SSSR count). The fourth-order valence-electron chi connectivity index (χ4n) is 1.00. The summed E-state index contributed by atoms with van der Waals surface area (Å²) in [6.45, 7) is 0. The van der Waals surface area contributed by atoms with Gasteiger partial charge in [0, 0.05) is 18.3 Å². The van der Waals surface area contributed by atoms with Crippen LogP contribution in [0.3, 0.4) is 0 Å². The highest BCUT2D eigenvalue weighted by molar-refractivity contribution is 9.10. The van der Waals surface area contributed by atoms with Crippen LogP contribution in [0.2, 0.25) is 0 Å². The van der Waals surface area contributed by atoms with E-state index in [0.717, 1.165) is 0 Å². The normalized spacial score (nSPS) is 10.0. The van der Waals surface area contributed by atoms with Gasteiger partial charge in [-0.3, -0.25) is 0 Å². The van der Waals surface area contributed by atoms with Crippen LogP contribution in [0.1, 0.15) is 0 Å². The Bertz CT molecular complexity index is 464. The summed E-state index contributed by atoms with van der Waals surface area (Å²) < 4.78 is 18.8. The smallest absolute Gasteiger partial charge is 0.238 e. The highest BCUT2D eigenvalue weighted by atomic mass is 79.9. The monoisotopic (exact) mass is 268 g/mol. The van der Waals surface area contributed by atoms with Gasteiger partial charge in [-0.2, -0.15) is 5.10 Å². The van der Waals surface area contributed by atoms with Gasteiger partial charge in [-0.05, 0) is 34.1 Å². The number of aromatic nitrogens is 2. The van der Waals surface area contributed by atoms with Crippen LogP contribution in [0.5, 0.6) is 11.6 Å². The van der Waals surface area contributed by atoms with Crippen molar-refractivity contribution >= 4 is 15.9 Å². The molecule has 1 heterocycles. The first-order valence-electron chi connectivity index (χ1n) is 4.16. The van der Waals surface area contributed by atoms with Crippen molar-refractivity contribution in [1.29, 1.82) is 0 Å². The number of nitrogens with zero attached hydrogens (tertiary/aromatic N) is 2. The molecule has 3 nitrogen and oxygen atoms in total. The van der Waals surface area contributed by atoms with Crippen molar-refractivity contribution in [1.82, 2.24) is 10.2 Å². The molecule has 1 aromatic carbocycles. The second kappa shape index (κ2) is 4.35. The van der Waals surface area contributed by atoms with E-state index in [9.17, 15) is 4.39 Å². The molecule has 1 aromatic heterocycles. The standard InChI is InChI=1S/C10H6BrFN2O/c11-8-4-3-7(6-9(8)12)15-10-2-1-5-13-14-10/h1-6H. The summed E-state index contributed by atoms with van der Waals surface area (Å²) in [5, 5.41) is 7.36. The van der Waals surface area contributed by atoms with E-state index in [1.807, 2.05) is 0 Å². The van der Waals surface area contributed by atoms with Crippen LogP contribution in [0.15, 0.2) is 41.0 Å². The first-order chi connectivity index (χ1) is 7.25. The summed E-state index contributed by atoms with van der Waals surface area (Å²) in [6, 6.07) is 7.83. The molecular formula is C10H6BrFN2O. The molecule has 0 bridgehead atoms. The first-order valence-corrected chi connectivity index (χ1v) is 4.95. The van der Waals surface area contributed by atoms with Crippen LogP contribution in [0.25, 0.3) is 0 Å². The Hall–Kier alpha value is -1.49. The van der Waals surface area contributed by atoms with Crippen molar-refractivity contribution in [3.8, 4) is 11.6 Å². The maximum absolute atomic E-state index is 13.1. The molecule has 0 amide bonds. The second-order valence-corrected chi connectivity index (χ2v) is 3.59. The zero-order valence-corrected chi connectivity index (χ0v) is 9.11. The fraction of sp³-hybridized carbons (Fsp3) is 0. The number of benzene rings is 1. The molecule has 0 saturated carbocycles. The molecule has 0 spiro atoms. The van der Waals surface area contributed by atoms with Gasteiger partial charge in [0.25, 0.3) is 0 Å². The minimum Gasteiger partial charge on any atom is -0.437 e. The SMILES string of the molecule is Fc1cc(Oc2cccnn2)ccc1Br. The topological polar surface area (TPSA) is 35.0 Å². The Balaban J connectivity index is 2.22. The molecule has 0 atom stereocenters. The van der Waals surface area contributed by atoms with E-state index >= 15 is 0 Å². The van der Waals surface area contributed by atoms with Crippen LogP contribution in [-0.4, -0.2) is 10.2 Å². The molecule has 15 heavy (non-hydrogen) atoms. The highest BCUT2D eigenvalue weighted by Gasteiger charge is 2.02. The molecule has 0 radical (unpaired) electrons. The Morgan fingerprint density at radius 3 is 2.80 bits per heavy atom. The lowest BCUT2D eigenvalue weighted by Gasteiger charge is -2.03. The molecule has 5 heteroatoms. The summed E-state index contributed by atoms with van der Waals surface area (Å²) in [7, 11) is 0. The lowest BCUT2D eigenvalue weighted by molar-refractivity contribution is 0.450. The zero-order valence-electron chi connectivity index (χ0n) is 7.52. The van der Waals surface area contributed by atoms with Crippen LogP contribution < -0.4 is 4.74 Å². The number of ether oxygens (including phenoxy) is 1. The Morgan fingerprint density at radius 1 is 1.27 bits per heavy atom. The van der Waals surface area contributed by atoms with E-state index in [-0.39, 0.29) is 5.82 Å². The van der Waals surface area contributed by atoms with Gasteiger partial charge in [-0.15, -0.1) is 5.10 Å². The molecule has 0 aliphatic rings. The molecule has 0 saturated heterocycles. The van der Waals surface area contributed by atoms with Gasteiger partial charge in [0.05, 0.1) is 4.47 Å². The van der Waals surface area contributed by atoms with Crippen molar-refractivity contribution in [3.63, 3.8) is 0 Å². The van der Waals surface area contributed by atoms with E-state index in [4.69, 9.17) is 4.74 Å². The maximum Gasteiger partial charge on any atom is 0.238 e. The predicted molar refractivity (Wildman–Crippen MR) is 56.2 cm³/mol. The van der Waals surface area contributed by atoms with Crippen molar-refractivity contribution < 1.29 is 9.13 Å². The lowest BCUT2D eigenvalue weighted by atomic mass is 10.3. The second-order valence-electron chi connectivity index (χ2n) is 2.74. The molecule has 0 fully saturated rings. The lowest BCUT2D eigenvalue weighted by Crippen LogP contribution is -1.89. The average Bonchev–Trinajstić information content (AvgIpc) is 2.25. The van der Waals surface area contributed by atoms with Gasteiger partial charge in [-0.1, -0.05) is 0 Å². The minimum atomic E-state index is -0.378. The van der Waals surface area contributed by atoms with Gasteiger partial charge < -0.3 is 4.74 Å². The minimum absolute atomic E-state index is 0.333. The Morgan fingerprint density at radius 2 is 2.13 bits per heavy atom.